The molecule has 2 aromatic carbocycles. The Balaban J connectivity index is 1.33. The third-order valence-corrected chi connectivity index (χ3v) is 4.35. The van der Waals surface area contributed by atoms with Crippen molar-refractivity contribution >= 4 is 11.6 Å². The van der Waals surface area contributed by atoms with E-state index in [2.05, 4.69) is 10.3 Å². The summed E-state index contributed by atoms with van der Waals surface area (Å²) in [7, 11) is 0. The zero-order valence-corrected chi connectivity index (χ0v) is 15.0. The molecule has 1 amide bonds. The third-order valence-electron chi connectivity index (χ3n) is 4.35. The molecule has 2 heterocycles. The summed E-state index contributed by atoms with van der Waals surface area (Å²) in [5.74, 6) is 0.659. The molecule has 0 spiro atoms. The van der Waals surface area contributed by atoms with E-state index in [0.29, 0.717) is 23.5 Å². The quantitative estimate of drug-likeness (QED) is 0.524. The summed E-state index contributed by atoms with van der Waals surface area (Å²) >= 11 is 0. The van der Waals surface area contributed by atoms with Crippen LogP contribution in [0.2, 0.25) is 0 Å². The van der Waals surface area contributed by atoms with Crippen LogP contribution in [0.15, 0.2) is 83.8 Å². The average Bonchev–Trinajstić information content (AvgIpc) is 3.40. The number of aromatic nitrogens is 2. The number of benzene rings is 2. The number of imidazole rings is 1. The van der Waals surface area contributed by atoms with Crippen LogP contribution >= 0.6 is 0 Å². The minimum atomic E-state index is -0.333. The number of furan rings is 1. The average molecular weight is 375 g/mol. The van der Waals surface area contributed by atoms with E-state index in [1.807, 2.05) is 35.0 Å². The predicted molar refractivity (Wildman–Crippen MR) is 105 cm³/mol. The van der Waals surface area contributed by atoms with E-state index in [9.17, 15) is 9.18 Å². The third kappa shape index (κ3) is 4.01. The summed E-state index contributed by atoms with van der Waals surface area (Å²) in [6.07, 6.45) is 5.99. The van der Waals surface area contributed by atoms with E-state index in [1.54, 1.807) is 42.9 Å². The number of carbonyl (C=O) groups is 1. The van der Waals surface area contributed by atoms with Gasteiger partial charge in [0.15, 0.2) is 0 Å². The largest absolute Gasteiger partial charge is 0.461 e. The van der Waals surface area contributed by atoms with Gasteiger partial charge in [-0.05, 0) is 48.5 Å². The van der Waals surface area contributed by atoms with Crippen molar-refractivity contribution in [2.45, 2.75) is 12.8 Å². The molecular weight excluding hydrogens is 357 g/mol. The van der Waals surface area contributed by atoms with E-state index in [0.717, 1.165) is 11.4 Å². The molecule has 0 aliphatic rings. The lowest BCUT2D eigenvalue weighted by atomic mass is 10.1. The first kappa shape index (κ1) is 17.7. The maximum atomic E-state index is 13.8. The summed E-state index contributed by atoms with van der Waals surface area (Å²) in [5, 5.41) is 2.87. The minimum absolute atomic E-state index is 0.112. The number of aryl methyl sites for hydroxylation is 1. The van der Waals surface area contributed by atoms with E-state index in [1.165, 1.54) is 6.07 Å². The molecule has 0 unspecified atom stereocenters. The number of hydrogen-bond acceptors (Lipinski definition) is 3. The van der Waals surface area contributed by atoms with Crippen LogP contribution in [0.25, 0.3) is 17.0 Å². The first-order valence-electron chi connectivity index (χ1n) is 8.91. The first-order valence-corrected chi connectivity index (χ1v) is 8.91. The molecule has 0 bridgehead atoms. The number of nitrogens with one attached hydrogen (secondary N) is 1. The molecule has 140 valence electrons. The van der Waals surface area contributed by atoms with Gasteiger partial charge in [-0.1, -0.05) is 12.1 Å². The lowest BCUT2D eigenvalue weighted by Crippen LogP contribution is -2.12. The van der Waals surface area contributed by atoms with Crippen molar-refractivity contribution in [3.8, 4) is 17.0 Å². The van der Waals surface area contributed by atoms with Crippen LogP contribution in [0, 0.1) is 5.82 Å². The van der Waals surface area contributed by atoms with Crippen LogP contribution in [-0.2, 0) is 11.2 Å². The SMILES string of the molecule is O=C(CCc1ccc(-c2ccccc2F)o1)Nc1ccc(-n2ccnc2)cc1. The van der Waals surface area contributed by atoms with Gasteiger partial charge in [-0.2, -0.15) is 0 Å². The Morgan fingerprint density at radius 3 is 2.64 bits per heavy atom. The standard InChI is InChI=1S/C22H18FN3O2/c23-20-4-2-1-3-19(20)21-11-9-18(28-21)10-12-22(27)25-16-5-7-17(8-6-16)26-14-13-24-15-26/h1-9,11,13-15H,10,12H2,(H,25,27). The zero-order chi connectivity index (χ0) is 19.3. The Morgan fingerprint density at radius 1 is 1.07 bits per heavy atom. The molecule has 2 aromatic heterocycles. The Bertz CT molecular complexity index is 1070. The van der Waals surface area contributed by atoms with Crippen molar-refractivity contribution in [1.29, 1.82) is 0 Å². The van der Waals surface area contributed by atoms with E-state index in [4.69, 9.17) is 4.42 Å². The van der Waals surface area contributed by atoms with Gasteiger partial charge < -0.3 is 14.3 Å². The van der Waals surface area contributed by atoms with E-state index in [-0.39, 0.29) is 18.1 Å². The van der Waals surface area contributed by atoms with Crippen molar-refractivity contribution < 1.29 is 13.6 Å². The van der Waals surface area contributed by atoms with Crippen LogP contribution in [0.4, 0.5) is 10.1 Å². The topological polar surface area (TPSA) is 60.1 Å². The van der Waals surface area contributed by atoms with Gasteiger partial charge in [0.05, 0.1) is 11.9 Å². The van der Waals surface area contributed by atoms with Gasteiger partial charge in [-0.3, -0.25) is 4.79 Å². The number of anilines is 1. The van der Waals surface area contributed by atoms with Gasteiger partial charge in [-0.25, -0.2) is 9.37 Å². The normalized spacial score (nSPS) is 10.8. The monoisotopic (exact) mass is 375 g/mol. The molecule has 0 atom stereocenters. The van der Waals surface area contributed by atoms with Gasteiger partial charge in [0.1, 0.15) is 17.3 Å². The highest BCUT2D eigenvalue weighted by molar-refractivity contribution is 5.90. The highest BCUT2D eigenvalue weighted by atomic mass is 19.1. The van der Waals surface area contributed by atoms with Crippen LogP contribution in [-0.4, -0.2) is 15.5 Å². The fraction of sp³-hybridized carbons (Fsp3) is 0.0909. The van der Waals surface area contributed by atoms with Crippen LogP contribution in [0.1, 0.15) is 12.2 Å². The summed E-state index contributed by atoms with van der Waals surface area (Å²) < 4.78 is 21.4. The molecule has 4 rings (SSSR count). The Hall–Kier alpha value is -3.67. The van der Waals surface area contributed by atoms with E-state index < -0.39 is 0 Å². The van der Waals surface area contributed by atoms with Crippen LogP contribution in [0.5, 0.6) is 0 Å². The maximum Gasteiger partial charge on any atom is 0.224 e. The molecule has 0 fully saturated rings. The smallest absolute Gasteiger partial charge is 0.224 e. The molecule has 4 aromatic rings. The summed E-state index contributed by atoms with van der Waals surface area (Å²) in [6, 6.07) is 17.4. The number of rotatable bonds is 6. The Morgan fingerprint density at radius 2 is 1.89 bits per heavy atom. The van der Waals surface area contributed by atoms with Crippen molar-refractivity contribution in [2.75, 3.05) is 5.32 Å². The Labute approximate surface area is 161 Å². The summed E-state index contributed by atoms with van der Waals surface area (Å²) in [6.45, 7) is 0. The first-order chi connectivity index (χ1) is 13.7. The molecule has 6 heteroatoms. The molecule has 0 saturated heterocycles. The number of carbonyl (C=O) groups excluding carboxylic acids is 1. The molecule has 1 N–H and O–H groups in total. The molecule has 0 saturated carbocycles. The van der Waals surface area contributed by atoms with Crippen LogP contribution < -0.4 is 5.32 Å². The minimum Gasteiger partial charge on any atom is -0.461 e. The molecule has 0 aliphatic heterocycles. The van der Waals surface area contributed by atoms with E-state index >= 15 is 0 Å². The van der Waals surface area contributed by atoms with Crippen molar-refractivity contribution in [2.24, 2.45) is 0 Å². The highest BCUT2D eigenvalue weighted by Gasteiger charge is 2.10. The van der Waals surface area contributed by atoms with Gasteiger partial charge in [0.25, 0.3) is 0 Å². The maximum absolute atomic E-state index is 13.8. The predicted octanol–water partition coefficient (Wildman–Crippen LogP) is 4.84. The molecule has 28 heavy (non-hydrogen) atoms. The lowest BCUT2D eigenvalue weighted by molar-refractivity contribution is -0.116. The van der Waals surface area contributed by atoms with Gasteiger partial charge in [-0.15, -0.1) is 0 Å². The van der Waals surface area contributed by atoms with Gasteiger partial charge >= 0.3 is 0 Å². The second-order valence-corrected chi connectivity index (χ2v) is 6.31. The Kier molecular flexibility index (Phi) is 5.01. The second-order valence-electron chi connectivity index (χ2n) is 6.31. The number of halogens is 1. The summed E-state index contributed by atoms with van der Waals surface area (Å²) in [5.41, 5.74) is 2.10. The number of nitrogens with zero attached hydrogens (tertiary/aromatic N) is 2. The van der Waals surface area contributed by atoms with Crippen LogP contribution in [0.3, 0.4) is 0 Å². The van der Waals surface area contributed by atoms with Crippen molar-refractivity contribution in [3.05, 3.63) is 91.0 Å². The van der Waals surface area contributed by atoms with Crippen molar-refractivity contribution in [1.82, 2.24) is 9.55 Å². The highest BCUT2D eigenvalue weighted by Crippen LogP contribution is 2.25. The molecular formula is C22H18FN3O2. The second kappa shape index (κ2) is 7.92. The fourth-order valence-corrected chi connectivity index (χ4v) is 2.91. The van der Waals surface area contributed by atoms with Gasteiger partial charge in [0.2, 0.25) is 5.91 Å². The molecule has 0 aliphatic carbocycles. The number of amides is 1. The van der Waals surface area contributed by atoms with Gasteiger partial charge in [0, 0.05) is 36.6 Å². The molecule has 0 radical (unpaired) electrons. The summed E-state index contributed by atoms with van der Waals surface area (Å²) in [4.78, 5) is 16.2. The fourth-order valence-electron chi connectivity index (χ4n) is 2.91. The zero-order valence-electron chi connectivity index (χ0n) is 15.0. The molecule has 5 nitrogen and oxygen atoms in total. The lowest BCUT2D eigenvalue weighted by Gasteiger charge is -2.07. The van der Waals surface area contributed by atoms with Crippen molar-refractivity contribution in [3.63, 3.8) is 0 Å². The number of hydrogen-bond donors (Lipinski definition) is 1.